The number of nitrogens with two attached hydrogens (primary N) is 1. The molecule has 1 aromatic carbocycles. The number of hydrogen-bond donors (Lipinski definition) is 2. The number of para-hydroxylation sites is 1. The number of aryl methyl sites for hydroxylation is 1. The Kier molecular flexibility index (Phi) is 4.61. The maximum Gasteiger partial charge on any atom is 0.0489 e. The second kappa shape index (κ2) is 6.63. The standard InChI is InChI=1S/C18H27N3/c1-2-15-4-3-5-17-16(12-20-18(15)17)13-21-10-7-14(6-9-19)8-11-21/h3-5,12,14,20H,2,6-11,13,19H2,1H3. The number of rotatable bonds is 5. The van der Waals surface area contributed by atoms with E-state index in [0.717, 1.165) is 25.4 Å². The van der Waals surface area contributed by atoms with Crippen LogP contribution < -0.4 is 5.73 Å². The first-order valence-electron chi connectivity index (χ1n) is 8.32. The number of aromatic amines is 1. The Morgan fingerprint density at radius 3 is 2.76 bits per heavy atom. The van der Waals surface area contributed by atoms with Gasteiger partial charge in [-0.15, -0.1) is 0 Å². The molecule has 0 radical (unpaired) electrons. The summed E-state index contributed by atoms with van der Waals surface area (Å²) in [5, 5.41) is 1.40. The summed E-state index contributed by atoms with van der Waals surface area (Å²) < 4.78 is 0. The number of nitrogens with zero attached hydrogens (tertiary/aromatic N) is 1. The topological polar surface area (TPSA) is 45.0 Å². The molecule has 2 heterocycles. The molecule has 0 amide bonds. The number of hydrogen-bond acceptors (Lipinski definition) is 2. The van der Waals surface area contributed by atoms with Gasteiger partial charge in [-0.25, -0.2) is 0 Å². The van der Waals surface area contributed by atoms with Crippen molar-refractivity contribution < 1.29 is 0 Å². The van der Waals surface area contributed by atoms with Gasteiger partial charge in [-0.1, -0.05) is 25.1 Å². The van der Waals surface area contributed by atoms with Gasteiger partial charge < -0.3 is 10.7 Å². The van der Waals surface area contributed by atoms with Crippen molar-refractivity contribution in [2.45, 2.75) is 39.2 Å². The van der Waals surface area contributed by atoms with Gasteiger partial charge in [0.05, 0.1) is 0 Å². The highest BCUT2D eigenvalue weighted by Gasteiger charge is 2.19. The van der Waals surface area contributed by atoms with E-state index in [9.17, 15) is 0 Å². The fourth-order valence-electron chi connectivity index (χ4n) is 3.61. The van der Waals surface area contributed by atoms with Gasteiger partial charge >= 0.3 is 0 Å². The van der Waals surface area contributed by atoms with E-state index < -0.39 is 0 Å². The third kappa shape index (κ3) is 3.14. The molecule has 0 unspecified atom stereocenters. The van der Waals surface area contributed by atoms with Crippen LogP contribution in [0.4, 0.5) is 0 Å². The molecule has 1 saturated heterocycles. The van der Waals surface area contributed by atoms with Crippen molar-refractivity contribution in [3.05, 3.63) is 35.5 Å². The van der Waals surface area contributed by atoms with Crippen LogP contribution in [0.3, 0.4) is 0 Å². The molecule has 1 aliphatic heterocycles. The zero-order valence-corrected chi connectivity index (χ0v) is 13.1. The second-order valence-electron chi connectivity index (χ2n) is 6.30. The van der Waals surface area contributed by atoms with E-state index in [-0.39, 0.29) is 0 Å². The first kappa shape index (κ1) is 14.6. The van der Waals surface area contributed by atoms with Gasteiger partial charge in [0.1, 0.15) is 0 Å². The average Bonchev–Trinajstić information content (AvgIpc) is 2.93. The predicted molar refractivity (Wildman–Crippen MR) is 89.3 cm³/mol. The average molecular weight is 285 g/mol. The van der Waals surface area contributed by atoms with E-state index in [1.54, 1.807) is 0 Å². The van der Waals surface area contributed by atoms with Crippen molar-refractivity contribution in [3.8, 4) is 0 Å². The van der Waals surface area contributed by atoms with Crippen LogP contribution in [0.25, 0.3) is 10.9 Å². The zero-order valence-electron chi connectivity index (χ0n) is 13.1. The maximum atomic E-state index is 5.68. The Labute approximate surface area is 127 Å². The van der Waals surface area contributed by atoms with E-state index in [4.69, 9.17) is 5.73 Å². The van der Waals surface area contributed by atoms with E-state index in [2.05, 4.69) is 41.2 Å². The van der Waals surface area contributed by atoms with Gasteiger partial charge in [0.15, 0.2) is 0 Å². The largest absolute Gasteiger partial charge is 0.361 e. The molecule has 0 saturated carbocycles. The molecule has 2 aromatic rings. The van der Waals surface area contributed by atoms with Crippen molar-refractivity contribution in [2.24, 2.45) is 11.7 Å². The van der Waals surface area contributed by atoms with Gasteiger partial charge in [0.2, 0.25) is 0 Å². The fraction of sp³-hybridized carbons (Fsp3) is 0.556. The van der Waals surface area contributed by atoms with Gasteiger partial charge in [-0.3, -0.25) is 4.90 Å². The lowest BCUT2D eigenvalue weighted by atomic mass is 9.93. The Morgan fingerprint density at radius 2 is 2.05 bits per heavy atom. The third-order valence-corrected chi connectivity index (χ3v) is 4.94. The van der Waals surface area contributed by atoms with Crippen LogP contribution in [0.5, 0.6) is 0 Å². The van der Waals surface area contributed by atoms with Gasteiger partial charge in [0.25, 0.3) is 0 Å². The molecule has 21 heavy (non-hydrogen) atoms. The summed E-state index contributed by atoms with van der Waals surface area (Å²) in [5.74, 6) is 0.848. The number of nitrogens with one attached hydrogen (secondary N) is 1. The second-order valence-corrected chi connectivity index (χ2v) is 6.30. The monoisotopic (exact) mass is 285 g/mol. The molecule has 3 heteroatoms. The highest BCUT2D eigenvalue weighted by atomic mass is 15.1. The molecular formula is C18H27N3. The molecule has 1 aliphatic rings. The van der Waals surface area contributed by atoms with Crippen LogP contribution in [0.1, 0.15) is 37.3 Å². The molecule has 3 rings (SSSR count). The molecule has 1 aromatic heterocycles. The number of piperidine rings is 1. The van der Waals surface area contributed by atoms with Crippen molar-refractivity contribution in [1.29, 1.82) is 0 Å². The molecule has 0 bridgehead atoms. The maximum absolute atomic E-state index is 5.68. The highest BCUT2D eigenvalue weighted by molar-refractivity contribution is 5.86. The highest BCUT2D eigenvalue weighted by Crippen LogP contribution is 2.26. The normalized spacial score (nSPS) is 17.6. The number of H-pyrrole nitrogens is 1. The van der Waals surface area contributed by atoms with E-state index >= 15 is 0 Å². The first-order valence-corrected chi connectivity index (χ1v) is 8.32. The number of aromatic nitrogens is 1. The van der Waals surface area contributed by atoms with Crippen LogP contribution in [0.2, 0.25) is 0 Å². The molecule has 3 N–H and O–H groups in total. The first-order chi connectivity index (χ1) is 10.3. The van der Waals surface area contributed by atoms with Crippen LogP contribution in [0.15, 0.2) is 24.4 Å². The lowest BCUT2D eigenvalue weighted by Crippen LogP contribution is -2.33. The lowest BCUT2D eigenvalue weighted by Gasteiger charge is -2.31. The third-order valence-electron chi connectivity index (χ3n) is 4.94. The predicted octanol–water partition coefficient (Wildman–Crippen LogP) is 3.29. The number of benzene rings is 1. The molecular weight excluding hydrogens is 258 g/mol. The van der Waals surface area contributed by atoms with Gasteiger partial charge in [-0.2, -0.15) is 0 Å². The molecule has 3 nitrogen and oxygen atoms in total. The summed E-state index contributed by atoms with van der Waals surface area (Å²) in [6, 6.07) is 6.66. The van der Waals surface area contributed by atoms with Gasteiger partial charge in [0, 0.05) is 23.6 Å². The van der Waals surface area contributed by atoms with Crippen LogP contribution >= 0.6 is 0 Å². The minimum absolute atomic E-state index is 0.840. The van der Waals surface area contributed by atoms with Crippen molar-refractivity contribution in [3.63, 3.8) is 0 Å². The summed E-state index contributed by atoms with van der Waals surface area (Å²) in [7, 11) is 0. The smallest absolute Gasteiger partial charge is 0.0489 e. The van der Waals surface area contributed by atoms with Crippen LogP contribution in [-0.4, -0.2) is 29.5 Å². The Morgan fingerprint density at radius 1 is 1.24 bits per heavy atom. The zero-order chi connectivity index (χ0) is 14.7. The molecule has 0 aliphatic carbocycles. The molecule has 114 valence electrons. The van der Waals surface area contributed by atoms with E-state index in [1.165, 1.54) is 54.4 Å². The summed E-state index contributed by atoms with van der Waals surface area (Å²) >= 11 is 0. The van der Waals surface area contributed by atoms with E-state index in [1.807, 2.05) is 0 Å². The van der Waals surface area contributed by atoms with Crippen LogP contribution in [-0.2, 0) is 13.0 Å². The summed E-state index contributed by atoms with van der Waals surface area (Å²) in [6.07, 6.45) is 7.10. The lowest BCUT2D eigenvalue weighted by molar-refractivity contribution is 0.174. The summed E-state index contributed by atoms with van der Waals surface area (Å²) in [4.78, 5) is 6.07. The molecule has 1 fully saturated rings. The Bertz CT molecular complexity index is 579. The molecule has 0 atom stereocenters. The fourth-order valence-corrected chi connectivity index (χ4v) is 3.61. The van der Waals surface area contributed by atoms with Crippen molar-refractivity contribution in [1.82, 2.24) is 9.88 Å². The van der Waals surface area contributed by atoms with Crippen LogP contribution in [0, 0.1) is 5.92 Å². The number of likely N-dealkylation sites (tertiary alicyclic amines) is 1. The van der Waals surface area contributed by atoms with E-state index in [0.29, 0.717) is 0 Å². The minimum atomic E-state index is 0.840. The van der Waals surface area contributed by atoms with Crippen molar-refractivity contribution >= 4 is 10.9 Å². The summed E-state index contributed by atoms with van der Waals surface area (Å²) in [6.45, 7) is 6.56. The number of fused-ring (bicyclic) bond motifs is 1. The van der Waals surface area contributed by atoms with Gasteiger partial charge in [-0.05, 0) is 62.4 Å². The Hall–Kier alpha value is -1.32. The minimum Gasteiger partial charge on any atom is -0.361 e. The summed E-state index contributed by atoms with van der Waals surface area (Å²) in [5.41, 5.74) is 9.86. The SMILES string of the molecule is CCc1cccc2c(CN3CCC(CCN)CC3)c[nH]c12. The Balaban J connectivity index is 1.69. The quantitative estimate of drug-likeness (QED) is 0.885. The van der Waals surface area contributed by atoms with Crippen molar-refractivity contribution in [2.75, 3.05) is 19.6 Å². The molecule has 0 spiro atoms.